The first kappa shape index (κ1) is 22.0. The topological polar surface area (TPSA) is 71.0 Å². The number of piperidine rings is 1. The SMILES string of the molecule is COc1ccc(CNC(=O)CC[C@@H]2CCCN(Cc3ccccc3O)C2)c(OC)c1. The highest BCUT2D eigenvalue weighted by molar-refractivity contribution is 5.75. The van der Waals surface area contributed by atoms with E-state index in [-0.39, 0.29) is 5.91 Å². The summed E-state index contributed by atoms with van der Waals surface area (Å²) in [6, 6.07) is 13.1. The highest BCUT2D eigenvalue weighted by atomic mass is 16.5. The molecule has 0 aliphatic carbocycles. The number of hydrogen-bond donors (Lipinski definition) is 2. The number of phenolic OH excluding ortho intramolecular Hbond substituents is 1. The van der Waals surface area contributed by atoms with Gasteiger partial charge in [-0.1, -0.05) is 18.2 Å². The van der Waals surface area contributed by atoms with Crippen LogP contribution in [0, 0.1) is 5.92 Å². The molecular formula is C24H32N2O4. The Bertz CT molecular complexity index is 840. The van der Waals surface area contributed by atoms with Gasteiger partial charge >= 0.3 is 0 Å². The number of likely N-dealkylation sites (tertiary alicyclic amines) is 1. The zero-order valence-corrected chi connectivity index (χ0v) is 17.9. The molecule has 6 nitrogen and oxygen atoms in total. The number of carbonyl (C=O) groups excluding carboxylic acids is 1. The quantitative estimate of drug-likeness (QED) is 0.657. The van der Waals surface area contributed by atoms with Gasteiger partial charge in [0, 0.05) is 43.2 Å². The maximum atomic E-state index is 12.4. The monoisotopic (exact) mass is 412 g/mol. The summed E-state index contributed by atoms with van der Waals surface area (Å²) in [5.74, 6) is 2.36. The molecule has 1 fully saturated rings. The predicted molar refractivity (Wildman–Crippen MR) is 117 cm³/mol. The third-order valence-corrected chi connectivity index (χ3v) is 5.74. The van der Waals surface area contributed by atoms with Crippen molar-refractivity contribution in [1.82, 2.24) is 10.2 Å². The van der Waals surface area contributed by atoms with Gasteiger partial charge < -0.3 is 19.9 Å². The molecule has 0 unspecified atom stereocenters. The fraction of sp³-hybridized carbons (Fsp3) is 0.458. The molecule has 0 bridgehead atoms. The zero-order valence-electron chi connectivity index (χ0n) is 17.9. The standard InChI is InChI=1S/C24H32N2O4/c1-29-21-11-10-19(23(14-21)30-2)15-25-24(28)12-9-18-6-5-13-26(16-18)17-20-7-3-4-8-22(20)27/h3-4,7-8,10-11,14,18,27H,5-6,9,12-13,15-17H2,1-2H3,(H,25,28)/t18-/m0/s1. The first-order valence-corrected chi connectivity index (χ1v) is 10.6. The molecule has 0 aromatic heterocycles. The maximum Gasteiger partial charge on any atom is 0.220 e. The molecule has 2 N–H and O–H groups in total. The molecule has 3 rings (SSSR count). The molecule has 0 spiro atoms. The van der Waals surface area contributed by atoms with Gasteiger partial charge in [0.2, 0.25) is 5.91 Å². The summed E-state index contributed by atoms with van der Waals surface area (Å²) in [6.07, 6.45) is 3.68. The lowest BCUT2D eigenvalue weighted by Gasteiger charge is -2.32. The lowest BCUT2D eigenvalue weighted by Crippen LogP contribution is -2.35. The number of aromatic hydroxyl groups is 1. The van der Waals surface area contributed by atoms with Crippen molar-refractivity contribution >= 4 is 5.91 Å². The van der Waals surface area contributed by atoms with Crippen LogP contribution in [0.5, 0.6) is 17.2 Å². The number of nitrogens with one attached hydrogen (secondary N) is 1. The van der Waals surface area contributed by atoms with Crippen molar-refractivity contribution in [1.29, 1.82) is 0 Å². The highest BCUT2D eigenvalue weighted by Gasteiger charge is 2.21. The molecule has 1 atom stereocenters. The third kappa shape index (κ3) is 6.13. The third-order valence-electron chi connectivity index (χ3n) is 5.74. The van der Waals surface area contributed by atoms with E-state index in [9.17, 15) is 9.90 Å². The zero-order chi connectivity index (χ0) is 21.3. The van der Waals surface area contributed by atoms with E-state index in [1.807, 2.05) is 36.4 Å². The van der Waals surface area contributed by atoms with E-state index in [2.05, 4.69) is 10.2 Å². The summed E-state index contributed by atoms with van der Waals surface area (Å²) < 4.78 is 10.6. The number of hydrogen-bond acceptors (Lipinski definition) is 5. The minimum Gasteiger partial charge on any atom is -0.508 e. The fourth-order valence-electron chi connectivity index (χ4n) is 4.03. The summed E-state index contributed by atoms with van der Waals surface area (Å²) in [5.41, 5.74) is 1.89. The van der Waals surface area contributed by atoms with Crippen molar-refractivity contribution in [2.45, 2.75) is 38.8 Å². The van der Waals surface area contributed by atoms with Crippen molar-refractivity contribution in [2.24, 2.45) is 5.92 Å². The van der Waals surface area contributed by atoms with Crippen molar-refractivity contribution in [3.63, 3.8) is 0 Å². The lowest BCUT2D eigenvalue weighted by molar-refractivity contribution is -0.121. The van der Waals surface area contributed by atoms with Gasteiger partial charge in [0.1, 0.15) is 17.2 Å². The number of ether oxygens (including phenoxy) is 2. The highest BCUT2D eigenvalue weighted by Crippen LogP contribution is 2.26. The molecular weight excluding hydrogens is 380 g/mol. The van der Waals surface area contributed by atoms with Gasteiger partial charge in [-0.25, -0.2) is 0 Å². The Balaban J connectivity index is 1.44. The molecule has 0 radical (unpaired) electrons. The van der Waals surface area contributed by atoms with Crippen LogP contribution >= 0.6 is 0 Å². The van der Waals surface area contributed by atoms with Crippen LogP contribution in [0.4, 0.5) is 0 Å². The molecule has 1 saturated heterocycles. The summed E-state index contributed by atoms with van der Waals surface area (Å²) in [6.45, 7) is 3.20. The van der Waals surface area contributed by atoms with Crippen LogP contribution in [0.25, 0.3) is 0 Å². The van der Waals surface area contributed by atoms with Gasteiger partial charge in [0.05, 0.1) is 14.2 Å². The molecule has 1 heterocycles. The van der Waals surface area contributed by atoms with Gasteiger partial charge in [0.25, 0.3) is 0 Å². The molecule has 1 amide bonds. The van der Waals surface area contributed by atoms with Crippen LogP contribution in [0.1, 0.15) is 36.8 Å². The van der Waals surface area contributed by atoms with E-state index in [1.165, 1.54) is 0 Å². The second kappa shape index (κ2) is 10.9. The van der Waals surface area contributed by atoms with Gasteiger partial charge in [-0.3, -0.25) is 9.69 Å². The van der Waals surface area contributed by atoms with Crippen LogP contribution < -0.4 is 14.8 Å². The fourth-order valence-corrected chi connectivity index (χ4v) is 4.03. The summed E-state index contributed by atoms with van der Waals surface area (Å²) >= 11 is 0. The number of amides is 1. The molecule has 6 heteroatoms. The Morgan fingerprint density at radius 1 is 1.17 bits per heavy atom. The van der Waals surface area contributed by atoms with Gasteiger partial charge in [0.15, 0.2) is 0 Å². The molecule has 162 valence electrons. The minimum atomic E-state index is 0.0608. The van der Waals surface area contributed by atoms with Crippen molar-refractivity contribution in [2.75, 3.05) is 27.3 Å². The number of para-hydroxylation sites is 1. The predicted octanol–water partition coefficient (Wildman–Crippen LogP) is 3.72. The van der Waals surface area contributed by atoms with E-state index in [0.717, 1.165) is 55.8 Å². The Morgan fingerprint density at radius 2 is 2.00 bits per heavy atom. The van der Waals surface area contributed by atoms with Crippen molar-refractivity contribution < 1.29 is 19.4 Å². The van der Waals surface area contributed by atoms with Crippen LogP contribution in [0.3, 0.4) is 0 Å². The van der Waals surface area contributed by atoms with Gasteiger partial charge in [-0.2, -0.15) is 0 Å². The van der Waals surface area contributed by atoms with Crippen LogP contribution in [-0.4, -0.2) is 43.2 Å². The second-order valence-electron chi connectivity index (χ2n) is 7.87. The van der Waals surface area contributed by atoms with Crippen molar-refractivity contribution in [3.05, 3.63) is 53.6 Å². The second-order valence-corrected chi connectivity index (χ2v) is 7.87. The van der Waals surface area contributed by atoms with Gasteiger partial charge in [-0.05, 0) is 49.9 Å². The number of methoxy groups -OCH3 is 2. The number of nitrogens with zero attached hydrogens (tertiary/aromatic N) is 1. The smallest absolute Gasteiger partial charge is 0.220 e. The van der Waals surface area contributed by atoms with E-state index in [4.69, 9.17) is 9.47 Å². The number of rotatable bonds is 9. The molecule has 0 saturated carbocycles. The van der Waals surface area contributed by atoms with Crippen LogP contribution in [0.2, 0.25) is 0 Å². The Hall–Kier alpha value is -2.73. The van der Waals surface area contributed by atoms with E-state index >= 15 is 0 Å². The van der Waals surface area contributed by atoms with Crippen molar-refractivity contribution in [3.8, 4) is 17.2 Å². The molecule has 1 aliphatic rings. The average Bonchev–Trinajstić information content (AvgIpc) is 2.78. The Kier molecular flexibility index (Phi) is 7.97. The van der Waals surface area contributed by atoms with E-state index in [0.29, 0.717) is 30.4 Å². The van der Waals surface area contributed by atoms with Crippen LogP contribution in [0.15, 0.2) is 42.5 Å². The van der Waals surface area contributed by atoms with Gasteiger partial charge in [-0.15, -0.1) is 0 Å². The Morgan fingerprint density at radius 3 is 2.77 bits per heavy atom. The molecule has 1 aliphatic heterocycles. The summed E-state index contributed by atoms with van der Waals surface area (Å²) in [4.78, 5) is 14.8. The largest absolute Gasteiger partial charge is 0.508 e. The minimum absolute atomic E-state index is 0.0608. The number of benzene rings is 2. The summed E-state index contributed by atoms with van der Waals surface area (Å²) in [7, 11) is 3.23. The Labute approximate surface area is 178 Å². The van der Waals surface area contributed by atoms with E-state index < -0.39 is 0 Å². The normalized spacial score (nSPS) is 16.8. The molecule has 30 heavy (non-hydrogen) atoms. The summed E-state index contributed by atoms with van der Waals surface area (Å²) in [5, 5.41) is 13.0. The number of phenols is 1. The molecule has 2 aromatic carbocycles. The maximum absolute atomic E-state index is 12.4. The number of carbonyl (C=O) groups is 1. The first-order valence-electron chi connectivity index (χ1n) is 10.6. The average molecular weight is 413 g/mol. The first-order chi connectivity index (χ1) is 14.6. The van der Waals surface area contributed by atoms with E-state index in [1.54, 1.807) is 20.3 Å². The van der Waals surface area contributed by atoms with Crippen LogP contribution in [-0.2, 0) is 17.9 Å². The molecule has 2 aromatic rings. The lowest BCUT2D eigenvalue weighted by atomic mass is 9.93.